The third-order valence-electron chi connectivity index (χ3n) is 13.8. The van der Waals surface area contributed by atoms with Gasteiger partial charge in [-0.25, -0.2) is 0 Å². The Bertz CT molecular complexity index is 1870. The first-order chi connectivity index (χ1) is 24.8. The molecule has 2 heterocycles. The van der Waals surface area contributed by atoms with Crippen LogP contribution in [0, 0.1) is 29.6 Å². The average Bonchev–Trinajstić information content (AvgIpc) is 3.71. The zero-order valence-electron chi connectivity index (χ0n) is 29.5. The topological polar surface area (TPSA) is 6.48 Å². The van der Waals surface area contributed by atoms with E-state index in [4.69, 9.17) is 0 Å². The van der Waals surface area contributed by atoms with Gasteiger partial charge in [-0.15, -0.1) is 0 Å². The van der Waals surface area contributed by atoms with Gasteiger partial charge in [0.1, 0.15) is 0 Å². The Morgan fingerprint density at radius 3 is 2.36 bits per heavy atom. The van der Waals surface area contributed by atoms with Crippen LogP contribution in [0.5, 0.6) is 0 Å². The molecule has 0 N–H and O–H groups in total. The SMILES string of the molecule is C1=CCCC(C2=CC(N3C4=C(CCC=C4)C4CC(C5C=CC6C7C=CCCC7N(C7=CC=C(c8ccccc8)CC7)C6C5)C=CC43)=CCC2)=C1. The van der Waals surface area contributed by atoms with Gasteiger partial charge in [-0.1, -0.05) is 103 Å². The van der Waals surface area contributed by atoms with Crippen molar-refractivity contribution in [2.75, 3.05) is 0 Å². The van der Waals surface area contributed by atoms with Crippen LogP contribution in [0.3, 0.4) is 0 Å². The summed E-state index contributed by atoms with van der Waals surface area (Å²) in [6, 6.07) is 12.7. The van der Waals surface area contributed by atoms with Gasteiger partial charge in [-0.2, -0.15) is 0 Å². The van der Waals surface area contributed by atoms with Crippen molar-refractivity contribution in [1.29, 1.82) is 0 Å². The van der Waals surface area contributed by atoms with E-state index in [2.05, 4.69) is 131 Å². The minimum atomic E-state index is 0.454. The Balaban J connectivity index is 0.923. The molecule has 8 unspecified atom stereocenters. The lowest BCUT2D eigenvalue weighted by Crippen LogP contribution is -2.41. The molecule has 0 radical (unpaired) electrons. The second kappa shape index (κ2) is 12.9. The van der Waals surface area contributed by atoms with Crippen LogP contribution in [-0.2, 0) is 0 Å². The molecular formula is C48H52N2. The minimum absolute atomic E-state index is 0.454. The van der Waals surface area contributed by atoms with Gasteiger partial charge in [-0.05, 0) is 135 Å². The molecule has 0 saturated carbocycles. The normalized spacial score (nSPS) is 35.5. The predicted molar refractivity (Wildman–Crippen MR) is 207 cm³/mol. The van der Waals surface area contributed by atoms with Crippen molar-refractivity contribution in [1.82, 2.24) is 9.80 Å². The van der Waals surface area contributed by atoms with E-state index in [1.165, 1.54) is 86.7 Å². The van der Waals surface area contributed by atoms with Gasteiger partial charge in [-0.3, -0.25) is 0 Å². The predicted octanol–water partition coefficient (Wildman–Crippen LogP) is 11.3. The zero-order valence-corrected chi connectivity index (χ0v) is 29.5. The minimum Gasteiger partial charge on any atom is -0.368 e. The average molecular weight is 657 g/mol. The molecule has 254 valence electrons. The summed E-state index contributed by atoms with van der Waals surface area (Å²) in [7, 11) is 0. The summed E-state index contributed by atoms with van der Waals surface area (Å²) < 4.78 is 0. The van der Waals surface area contributed by atoms with Crippen LogP contribution in [0.25, 0.3) is 5.57 Å². The van der Waals surface area contributed by atoms with E-state index in [9.17, 15) is 0 Å². The second-order valence-electron chi connectivity index (χ2n) is 16.3. The molecule has 0 bridgehead atoms. The fourth-order valence-corrected chi connectivity index (χ4v) is 11.4. The van der Waals surface area contributed by atoms with Crippen LogP contribution < -0.4 is 0 Å². The van der Waals surface area contributed by atoms with Crippen molar-refractivity contribution in [2.24, 2.45) is 29.6 Å². The molecular weight excluding hydrogens is 605 g/mol. The molecule has 7 aliphatic carbocycles. The van der Waals surface area contributed by atoms with E-state index < -0.39 is 0 Å². The number of hydrogen-bond donors (Lipinski definition) is 0. The molecule has 50 heavy (non-hydrogen) atoms. The lowest BCUT2D eigenvalue weighted by Gasteiger charge is -2.42. The van der Waals surface area contributed by atoms with Gasteiger partial charge < -0.3 is 9.80 Å². The molecule has 2 heteroatoms. The molecule has 0 aromatic heterocycles. The quantitative estimate of drug-likeness (QED) is 0.291. The highest BCUT2D eigenvalue weighted by Crippen LogP contribution is 2.53. The van der Waals surface area contributed by atoms with Crippen LogP contribution in [0.2, 0.25) is 0 Å². The van der Waals surface area contributed by atoms with E-state index in [0.29, 0.717) is 47.7 Å². The van der Waals surface area contributed by atoms with Crippen molar-refractivity contribution in [2.45, 2.75) is 95.2 Å². The van der Waals surface area contributed by atoms with Gasteiger partial charge in [0.25, 0.3) is 0 Å². The standard InChI is InChI=1S/C48H52N2/c1-3-12-33(13-4-1)35-22-26-39(27-23-35)49-45-20-9-7-18-41(45)43-28-24-38(32-48(43)49)37-25-29-47-44(31-37)42-19-8-10-21-46(42)50(47)40-17-11-16-36(30-40)34-14-5-2-6-15-34/h1-5,7,10,12-14,17-18,21-22,24-26,28-30,37-38,41,43-45,47-48H,6,8-9,11,15-16,19-20,23,27,31-32H2. The van der Waals surface area contributed by atoms with Gasteiger partial charge in [0.15, 0.2) is 0 Å². The maximum absolute atomic E-state index is 2.96. The Morgan fingerprint density at radius 2 is 1.48 bits per heavy atom. The smallest absolute Gasteiger partial charge is 0.0588 e. The van der Waals surface area contributed by atoms with Crippen LogP contribution in [0.4, 0.5) is 0 Å². The highest BCUT2D eigenvalue weighted by atomic mass is 15.2. The summed E-state index contributed by atoms with van der Waals surface area (Å²) in [6.45, 7) is 0. The maximum Gasteiger partial charge on any atom is 0.0588 e. The number of likely N-dealkylation sites (tertiary alicyclic amines) is 1. The third kappa shape index (κ3) is 5.28. The van der Waals surface area contributed by atoms with Gasteiger partial charge in [0, 0.05) is 46.9 Å². The summed E-state index contributed by atoms with van der Waals surface area (Å²) in [4.78, 5) is 5.71. The number of allylic oxidation sites excluding steroid dienone is 16. The third-order valence-corrected chi connectivity index (χ3v) is 13.8. The molecule has 8 atom stereocenters. The van der Waals surface area contributed by atoms with E-state index >= 15 is 0 Å². The lowest BCUT2D eigenvalue weighted by molar-refractivity contribution is 0.177. The molecule has 1 fully saturated rings. The van der Waals surface area contributed by atoms with Crippen LogP contribution in [0.15, 0.2) is 155 Å². The molecule has 2 nitrogen and oxygen atoms in total. The summed E-state index contributed by atoms with van der Waals surface area (Å²) in [5, 5.41) is 0. The number of fused-ring (bicyclic) bond motifs is 5. The van der Waals surface area contributed by atoms with Crippen LogP contribution >= 0.6 is 0 Å². The summed E-state index contributed by atoms with van der Waals surface area (Å²) in [5.74, 6) is 3.15. The van der Waals surface area contributed by atoms with Crippen molar-refractivity contribution < 1.29 is 0 Å². The van der Waals surface area contributed by atoms with Crippen molar-refractivity contribution >= 4 is 5.57 Å². The zero-order chi connectivity index (χ0) is 33.0. The Kier molecular flexibility index (Phi) is 7.96. The number of rotatable bonds is 5. The van der Waals surface area contributed by atoms with Gasteiger partial charge in [0.2, 0.25) is 0 Å². The Hall–Kier alpha value is -4.04. The largest absolute Gasteiger partial charge is 0.368 e. The first-order valence-electron chi connectivity index (χ1n) is 20.0. The molecule has 9 aliphatic rings. The molecule has 0 spiro atoms. The van der Waals surface area contributed by atoms with Gasteiger partial charge >= 0.3 is 0 Å². The van der Waals surface area contributed by atoms with Crippen LogP contribution in [0.1, 0.15) is 82.6 Å². The van der Waals surface area contributed by atoms with E-state index in [1.807, 2.05) is 0 Å². The maximum atomic E-state index is 2.96. The first kappa shape index (κ1) is 30.8. The van der Waals surface area contributed by atoms with Crippen LogP contribution in [-0.4, -0.2) is 27.9 Å². The Morgan fingerprint density at radius 1 is 0.620 bits per heavy atom. The fraction of sp³-hybridized carbons (Fsp3) is 0.417. The molecule has 1 aromatic carbocycles. The van der Waals surface area contributed by atoms with Crippen molar-refractivity contribution in [3.8, 4) is 0 Å². The summed E-state index contributed by atoms with van der Waals surface area (Å²) >= 11 is 0. The number of benzene rings is 1. The number of nitrogens with zero attached hydrogens (tertiary/aromatic N) is 2. The molecule has 1 aromatic rings. The van der Waals surface area contributed by atoms with Crippen molar-refractivity contribution in [3.05, 3.63) is 161 Å². The summed E-state index contributed by atoms with van der Waals surface area (Å²) in [5.41, 5.74) is 12.3. The van der Waals surface area contributed by atoms with E-state index in [0.717, 1.165) is 12.8 Å². The monoisotopic (exact) mass is 656 g/mol. The van der Waals surface area contributed by atoms with E-state index in [-0.39, 0.29) is 0 Å². The van der Waals surface area contributed by atoms with E-state index in [1.54, 1.807) is 22.4 Å². The highest BCUT2D eigenvalue weighted by Gasteiger charge is 2.51. The first-order valence-corrected chi connectivity index (χ1v) is 20.0. The fourth-order valence-electron chi connectivity index (χ4n) is 11.4. The summed E-state index contributed by atoms with van der Waals surface area (Å²) in [6.07, 6.45) is 52.1. The Labute approximate surface area is 300 Å². The molecule has 1 saturated heterocycles. The lowest BCUT2D eigenvalue weighted by atomic mass is 9.69. The highest BCUT2D eigenvalue weighted by molar-refractivity contribution is 5.68. The molecule has 10 rings (SSSR count). The second-order valence-corrected chi connectivity index (χ2v) is 16.3. The van der Waals surface area contributed by atoms with Gasteiger partial charge in [0.05, 0.1) is 6.04 Å². The molecule has 0 amide bonds. The number of hydrogen-bond acceptors (Lipinski definition) is 2. The van der Waals surface area contributed by atoms with Crippen molar-refractivity contribution in [3.63, 3.8) is 0 Å². The molecule has 2 aliphatic heterocycles.